The molecule has 54 valence electrons. The summed E-state index contributed by atoms with van der Waals surface area (Å²) in [5, 5.41) is 8.19. The molecule has 0 saturated heterocycles. The summed E-state index contributed by atoms with van der Waals surface area (Å²) >= 11 is 4.90. The molecule has 1 aliphatic heterocycles. The Morgan fingerprint density at radius 2 is 2.60 bits per heavy atom. The summed E-state index contributed by atoms with van der Waals surface area (Å²) in [4.78, 5) is 1.91. The van der Waals surface area contributed by atoms with Crippen LogP contribution in [-0.2, 0) is 0 Å². The van der Waals surface area contributed by atoms with Crippen LogP contribution in [0.1, 0.15) is 6.92 Å². The Balaban J connectivity index is 2.59. The van der Waals surface area contributed by atoms with Crippen LogP contribution in [0.4, 0.5) is 0 Å². The molecular weight excluding hydrogens is 146 g/mol. The van der Waals surface area contributed by atoms with Crippen LogP contribution in [0.15, 0.2) is 22.9 Å². The minimum Gasteiger partial charge on any atom is -0.319 e. The van der Waals surface area contributed by atoms with Gasteiger partial charge < -0.3 is 4.90 Å². The van der Waals surface area contributed by atoms with Gasteiger partial charge in [-0.15, -0.1) is 11.7 Å². The molecule has 0 aromatic rings. The highest BCUT2D eigenvalue weighted by atomic mass is 32.1. The van der Waals surface area contributed by atoms with E-state index in [0.29, 0.717) is 5.11 Å². The Morgan fingerprint density at radius 1 is 1.90 bits per heavy atom. The van der Waals surface area contributed by atoms with Gasteiger partial charge in [0.25, 0.3) is 0 Å². The van der Waals surface area contributed by atoms with E-state index < -0.39 is 0 Å². The van der Waals surface area contributed by atoms with Gasteiger partial charge in [0.15, 0.2) is 0 Å². The molecule has 0 amide bonds. The normalized spacial score (nSPS) is 23.9. The van der Waals surface area contributed by atoms with Crippen LogP contribution in [0.25, 0.3) is 0 Å². The van der Waals surface area contributed by atoms with Crippen molar-refractivity contribution in [3.05, 3.63) is 12.7 Å². The predicted octanol–water partition coefficient (Wildman–Crippen LogP) is 1.57. The summed E-state index contributed by atoms with van der Waals surface area (Å²) < 4.78 is 0. The Bertz CT molecular complexity index is 187. The van der Waals surface area contributed by atoms with Crippen molar-refractivity contribution in [1.29, 1.82) is 0 Å². The zero-order chi connectivity index (χ0) is 7.56. The molecule has 0 spiro atoms. The lowest BCUT2D eigenvalue weighted by Gasteiger charge is -2.16. The van der Waals surface area contributed by atoms with Crippen LogP contribution in [-0.4, -0.2) is 22.7 Å². The van der Waals surface area contributed by atoms with E-state index in [-0.39, 0.29) is 6.17 Å². The summed E-state index contributed by atoms with van der Waals surface area (Å²) in [7, 11) is 0. The van der Waals surface area contributed by atoms with Crippen molar-refractivity contribution in [3.63, 3.8) is 0 Å². The SMILES string of the molecule is C=CCN1C(=S)N=NC1C. The van der Waals surface area contributed by atoms with Gasteiger partial charge in [-0.05, 0) is 19.1 Å². The van der Waals surface area contributed by atoms with Crippen molar-refractivity contribution < 1.29 is 0 Å². The summed E-state index contributed by atoms with van der Waals surface area (Å²) in [5.41, 5.74) is 0. The Labute approximate surface area is 65.4 Å². The zero-order valence-electron chi connectivity index (χ0n) is 5.82. The molecule has 0 aromatic carbocycles. The van der Waals surface area contributed by atoms with E-state index in [1.165, 1.54) is 0 Å². The number of hydrogen-bond acceptors (Lipinski definition) is 2. The fourth-order valence-corrected chi connectivity index (χ4v) is 1.06. The lowest BCUT2D eigenvalue weighted by atomic mass is 10.4. The predicted molar refractivity (Wildman–Crippen MR) is 43.8 cm³/mol. The lowest BCUT2D eigenvalue weighted by molar-refractivity contribution is 0.395. The standard InChI is InChI=1S/C6H9N3S/c1-3-4-9-5(2)7-8-6(9)10/h3,5H,1,4H2,2H3. The highest BCUT2D eigenvalue weighted by Gasteiger charge is 2.19. The number of azo groups is 1. The van der Waals surface area contributed by atoms with Crippen molar-refractivity contribution in [2.24, 2.45) is 10.2 Å². The second-order valence-corrected chi connectivity index (χ2v) is 2.44. The van der Waals surface area contributed by atoms with Gasteiger partial charge >= 0.3 is 0 Å². The number of hydrogen-bond donors (Lipinski definition) is 0. The third-order valence-electron chi connectivity index (χ3n) is 1.33. The van der Waals surface area contributed by atoms with Gasteiger partial charge in [0, 0.05) is 6.54 Å². The van der Waals surface area contributed by atoms with Crippen LogP contribution < -0.4 is 0 Å². The van der Waals surface area contributed by atoms with Gasteiger partial charge in [0.1, 0.15) is 6.17 Å². The molecule has 0 saturated carbocycles. The molecular formula is C6H9N3S. The van der Waals surface area contributed by atoms with Crippen molar-refractivity contribution in [2.45, 2.75) is 13.1 Å². The second-order valence-electron chi connectivity index (χ2n) is 2.07. The van der Waals surface area contributed by atoms with E-state index in [4.69, 9.17) is 12.2 Å². The van der Waals surface area contributed by atoms with Crippen LogP contribution in [0.5, 0.6) is 0 Å². The minimum absolute atomic E-state index is 0.0884. The van der Waals surface area contributed by atoms with Crippen molar-refractivity contribution >= 4 is 17.3 Å². The van der Waals surface area contributed by atoms with Crippen molar-refractivity contribution in [3.8, 4) is 0 Å². The molecule has 0 aromatic heterocycles. The first kappa shape index (κ1) is 7.34. The number of nitrogens with zero attached hydrogens (tertiary/aromatic N) is 3. The topological polar surface area (TPSA) is 28.0 Å². The largest absolute Gasteiger partial charge is 0.319 e. The molecule has 10 heavy (non-hydrogen) atoms. The first-order valence-corrected chi connectivity index (χ1v) is 3.49. The quantitative estimate of drug-likeness (QED) is 0.447. The average Bonchev–Trinajstić information content (AvgIpc) is 2.20. The van der Waals surface area contributed by atoms with Gasteiger partial charge in [-0.25, -0.2) is 0 Å². The maximum Gasteiger partial charge on any atom is 0.218 e. The van der Waals surface area contributed by atoms with Gasteiger partial charge in [-0.1, -0.05) is 6.08 Å². The first-order valence-electron chi connectivity index (χ1n) is 3.08. The first-order chi connectivity index (χ1) is 4.75. The molecule has 4 heteroatoms. The molecule has 0 N–H and O–H groups in total. The highest BCUT2D eigenvalue weighted by Crippen LogP contribution is 2.11. The Kier molecular flexibility index (Phi) is 2.11. The molecule has 1 rings (SSSR count). The van der Waals surface area contributed by atoms with E-state index in [2.05, 4.69) is 16.8 Å². The van der Waals surface area contributed by atoms with Gasteiger partial charge in [0.05, 0.1) is 0 Å². The van der Waals surface area contributed by atoms with E-state index >= 15 is 0 Å². The maximum atomic E-state index is 4.90. The van der Waals surface area contributed by atoms with Crippen LogP contribution in [0.2, 0.25) is 0 Å². The second kappa shape index (κ2) is 2.88. The fourth-order valence-electron chi connectivity index (χ4n) is 0.782. The van der Waals surface area contributed by atoms with Gasteiger partial charge in [-0.3, -0.25) is 0 Å². The van der Waals surface area contributed by atoms with E-state index in [0.717, 1.165) is 6.54 Å². The van der Waals surface area contributed by atoms with Gasteiger partial charge in [0.2, 0.25) is 5.11 Å². The molecule has 0 aliphatic carbocycles. The Hall–Kier alpha value is -0.770. The van der Waals surface area contributed by atoms with Gasteiger partial charge in [-0.2, -0.15) is 5.11 Å². The summed E-state index contributed by atoms with van der Waals surface area (Å²) in [5.74, 6) is 0. The van der Waals surface area contributed by atoms with E-state index in [1.807, 2.05) is 11.8 Å². The lowest BCUT2D eigenvalue weighted by Crippen LogP contribution is -2.30. The van der Waals surface area contributed by atoms with E-state index in [1.54, 1.807) is 6.08 Å². The van der Waals surface area contributed by atoms with Crippen LogP contribution in [0.3, 0.4) is 0 Å². The minimum atomic E-state index is 0.0884. The zero-order valence-corrected chi connectivity index (χ0v) is 6.64. The molecule has 1 unspecified atom stereocenters. The monoisotopic (exact) mass is 155 g/mol. The van der Waals surface area contributed by atoms with Crippen molar-refractivity contribution in [2.75, 3.05) is 6.54 Å². The smallest absolute Gasteiger partial charge is 0.218 e. The van der Waals surface area contributed by atoms with Crippen LogP contribution in [0, 0.1) is 0 Å². The summed E-state index contributed by atoms with van der Waals surface area (Å²) in [6.07, 6.45) is 1.88. The molecule has 0 bridgehead atoms. The highest BCUT2D eigenvalue weighted by molar-refractivity contribution is 7.80. The molecule has 0 fully saturated rings. The molecule has 1 aliphatic rings. The van der Waals surface area contributed by atoms with Crippen LogP contribution >= 0.6 is 12.2 Å². The fraction of sp³-hybridized carbons (Fsp3) is 0.500. The Morgan fingerprint density at radius 3 is 3.00 bits per heavy atom. The average molecular weight is 155 g/mol. The number of thiocarbonyl (C=S) groups is 1. The van der Waals surface area contributed by atoms with E-state index in [9.17, 15) is 0 Å². The third kappa shape index (κ3) is 1.21. The maximum absolute atomic E-state index is 4.90. The number of rotatable bonds is 2. The third-order valence-corrected chi connectivity index (χ3v) is 1.65. The summed E-state index contributed by atoms with van der Waals surface area (Å²) in [6.45, 7) is 6.29. The molecule has 1 heterocycles. The molecule has 1 atom stereocenters. The summed E-state index contributed by atoms with van der Waals surface area (Å²) in [6, 6.07) is 0. The molecule has 3 nitrogen and oxygen atoms in total. The van der Waals surface area contributed by atoms with Crippen molar-refractivity contribution in [1.82, 2.24) is 4.90 Å². The molecule has 0 radical (unpaired) electrons.